The van der Waals surface area contributed by atoms with Gasteiger partial charge in [-0.2, -0.15) is 0 Å². The van der Waals surface area contributed by atoms with Crippen LogP contribution in [0.4, 0.5) is 4.79 Å². The second-order valence-corrected chi connectivity index (χ2v) is 6.30. The molecule has 1 saturated carbocycles. The van der Waals surface area contributed by atoms with Gasteiger partial charge in [0.25, 0.3) is 0 Å². The van der Waals surface area contributed by atoms with Crippen LogP contribution in [-0.2, 0) is 0 Å². The Hall–Kier alpha value is -1.49. The molecule has 1 heterocycles. The lowest BCUT2D eigenvalue weighted by atomic mass is 9.83. The predicted molar refractivity (Wildman–Crippen MR) is 85.6 cm³/mol. The standard InChI is InChI=1S/C17H28N2O3/c1-12-8-9-16(22-12)13(2)18-17(21)19-15(10-11-20)14-6-4-3-5-7-14/h8-9,13-15,20H,3-7,10-11H2,1-2H3,(H2,18,19,21). The number of urea groups is 1. The molecule has 5 nitrogen and oxygen atoms in total. The van der Waals surface area contributed by atoms with Crippen molar-refractivity contribution in [3.05, 3.63) is 23.7 Å². The highest BCUT2D eigenvalue weighted by atomic mass is 16.3. The van der Waals surface area contributed by atoms with E-state index in [2.05, 4.69) is 10.6 Å². The average Bonchev–Trinajstić information content (AvgIpc) is 2.94. The maximum Gasteiger partial charge on any atom is 0.315 e. The summed E-state index contributed by atoms with van der Waals surface area (Å²) in [5.41, 5.74) is 0. The van der Waals surface area contributed by atoms with Gasteiger partial charge in [-0.25, -0.2) is 4.79 Å². The minimum Gasteiger partial charge on any atom is -0.464 e. The van der Waals surface area contributed by atoms with Gasteiger partial charge in [0, 0.05) is 12.6 Å². The van der Waals surface area contributed by atoms with Gasteiger partial charge in [-0.1, -0.05) is 19.3 Å². The van der Waals surface area contributed by atoms with E-state index >= 15 is 0 Å². The molecule has 0 aliphatic heterocycles. The quantitative estimate of drug-likeness (QED) is 0.755. The van der Waals surface area contributed by atoms with Crippen LogP contribution < -0.4 is 10.6 Å². The molecule has 22 heavy (non-hydrogen) atoms. The van der Waals surface area contributed by atoms with Crippen molar-refractivity contribution < 1.29 is 14.3 Å². The number of aliphatic hydroxyl groups is 1. The van der Waals surface area contributed by atoms with Gasteiger partial charge in [0.1, 0.15) is 11.5 Å². The Kier molecular flexibility index (Phi) is 6.31. The van der Waals surface area contributed by atoms with Gasteiger partial charge in [0.2, 0.25) is 0 Å². The van der Waals surface area contributed by atoms with Crippen LogP contribution in [0, 0.1) is 12.8 Å². The second-order valence-electron chi connectivity index (χ2n) is 6.30. The zero-order valence-electron chi connectivity index (χ0n) is 13.6. The number of hydrogen-bond acceptors (Lipinski definition) is 3. The summed E-state index contributed by atoms with van der Waals surface area (Å²) in [7, 11) is 0. The lowest BCUT2D eigenvalue weighted by Crippen LogP contribution is -2.47. The third kappa shape index (κ3) is 4.77. The fraction of sp³-hybridized carbons (Fsp3) is 0.706. The zero-order chi connectivity index (χ0) is 15.9. The average molecular weight is 308 g/mol. The van der Waals surface area contributed by atoms with Gasteiger partial charge >= 0.3 is 6.03 Å². The molecule has 0 spiro atoms. The van der Waals surface area contributed by atoms with Crippen LogP contribution in [0.2, 0.25) is 0 Å². The fourth-order valence-electron chi connectivity index (χ4n) is 3.27. The first-order valence-electron chi connectivity index (χ1n) is 8.34. The summed E-state index contributed by atoms with van der Waals surface area (Å²) in [5.74, 6) is 2.07. The summed E-state index contributed by atoms with van der Waals surface area (Å²) >= 11 is 0. The van der Waals surface area contributed by atoms with Crippen LogP contribution in [0.1, 0.15) is 63.0 Å². The first-order chi connectivity index (χ1) is 10.6. The molecule has 1 fully saturated rings. The first-order valence-corrected chi connectivity index (χ1v) is 8.34. The van der Waals surface area contributed by atoms with Gasteiger partial charge in [0.05, 0.1) is 6.04 Å². The summed E-state index contributed by atoms with van der Waals surface area (Å²) < 4.78 is 5.53. The molecule has 1 aromatic rings. The van der Waals surface area contributed by atoms with E-state index in [0.717, 1.165) is 24.4 Å². The van der Waals surface area contributed by atoms with Crippen LogP contribution >= 0.6 is 0 Å². The first kappa shape index (κ1) is 16.9. The number of rotatable bonds is 6. The molecule has 124 valence electrons. The Labute approximate surface area is 132 Å². The van der Waals surface area contributed by atoms with Gasteiger partial charge in [-0.05, 0) is 51.2 Å². The SMILES string of the molecule is Cc1ccc(C(C)NC(=O)NC(CCO)C2CCCCC2)o1. The molecular formula is C17H28N2O3. The molecule has 2 rings (SSSR count). The summed E-state index contributed by atoms with van der Waals surface area (Å²) in [6.45, 7) is 3.89. The molecule has 0 bridgehead atoms. The Balaban J connectivity index is 1.87. The topological polar surface area (TPSA) is 74.5 Å². The third-order valence-electron chi connectivity index (χ3n) is 4.51. The van der Waals surface area contributed by atoms with Crippen molar-refractivity contribution in [2.45, 2.75) is 64.5 Å². The molecule has 1 aliphatic carbocycles. The molecule has 0 aromatic carbocycles. The van der Waals surface area contributed by atoms with Crippen molar-refractivity contribution in [2.75, 3.05) is 6.61 Å². The minimum atomic E-state index is -0.189. The molecule has 1 aliphatic rings. The van der Waals surface area contributed by atoms with Crippen LogP contribution in [0.25, 0.3) is 0 Å². The monoisotopic (exact) mass is 308 g/mol. The minimum absolute atomic E-state index is 0.0517. The number of hydrogen-bond donors (Lipinski definition) is 3. The largest absolute Gasteiger partial charge is 0.464 e. The Morgan fingerprint density at radius 1 is 1.32 bits per heavy atom. The fourth-order valence-corrected chi connectivity index (χ4v) is 3.27. The number of amides is 2. The Bertz CT molecular complexity index is 466. The molecule has 1 aromatic heterocycles. The van der Waals surface area contributed by atoms with Crippen LogP contribution in [0.3, 0.4) is 0 Å². The van der Waals surface area contributed by atoms with Crippen LogP contribution in [-0.4, -0.2) is 23.8 Å². The van der Waals surface area contributed by atoms with Crippen molar-refractivity contribution in [3.8, 4) is 0 Å². The lowest BCUT2D eigenvalue weighted by molar-refractivity contribution is 0.194. The van der Waals surface area contributed by atoms with Crippen molar-refractivity contribution in [1.82, 2.24) is 10.6 Å². The normalized spacial score (nSPS) is 18.7. The van der Waals surface area contributed by atoms with E-state index in [-0.39, 0.29) is 24.7 Å². The van der Waals surface area contributed by atoms with E-state index in [0.29, 0.717) is 12.3 Å². The predicted octanol–water partition coefficient (Wildman–Crippen LogP) is 3.28. The number of nitrogens with one attached hydrogen (secondary N) is 2. The van der Waals surface area contributed by atoms with Gasteiger partial charge in [-0.3, -0.25) is 0 Å². The second kappa shape index (κ2) is 8.22. The van der Waals surface area contributed by atoms with E-state index in [4.69, 9.17) is 4.42 Å². The van der Waals surface area contributed by atoms with E-state index < -0.39 is 0 Å². The van der Waals surface area contributed by atoms with Gasteiger partial charge < -0.3 is 20.2 Å². The Morgan fingerprint density at radius 3 is 2.64 bits per heavy atom. The smallest absolute Gasteiger partial charge is 0.315 e. The molecule has 2 amide bonds. The summed E-state index contributed by atoms with van der Waals surface area (Å²) in [4.78, 5) is 12.2. The third-order valence-corrected chi connectivity index (χ3v) is 4.51. The number of aliphatic hydroxyl groups excluding tert-OH is 1. The van der Waals surface area contributed by atoms with Crippen molar-refractivity contribution >= 4 is 6.03 Å². The highest BCUT2D eigenvalue weighted by Crippen LogP contribution is 2.27. The molecule has 2 unspecified atom stereocenters. The van der Waals surface area contributed by atoms with E-state index in [1.165, 1.54) is 19.3 Å². The number of furan rings is 1. The van der Waals surface area contributed by atoms with Crippen LogP contribution in [0.5, 0.6) is 0 Å². The Morgan fingerprint density at radius 2 is 2.05 bits per heavy atom. The van der Waals surface area contributed by atoms with Crippen molar-refractivity contribution in [3.63, 3.8) is 0 Å². The van der Waals surface area contributed by atoms with E-state index in [9.17, 15) is 9.90 Å². The maximum absolute atomic E-state index is 12.2. The van der Waals surface area contributed by atoms with Gasteiger partial charge in [-0.15, -0.1) is 0 Å². The highest BCUT2D eigenvalue weighted by Gasteiger charge is 2.25. The highest BCUT2D eigenvalue weighted by molar-refractivity contribution is 5.74. The van der Waals surface area contributed by atoms with Crippen LogP contribution in [0.15, 0.2) is 16.5 Å². The van der Waals surface area contributed by atoms with Crippen molar-refractivity contribution in [2.24, 2.45) is 5.92 Å². The molecule has 5 heteroatoms. The number of carbonyl (C=O) groups is 1. The summed E-state index contributed by atoms with van der Waals surface area (Å²) in [6, 6.07) is 3.46. The summed E-state index contributed by atoms with van der Waals surface area (Å²) in [6.07, 6.45) is 6.61. The zero-order valence-corrected chi connectivity index (χ0v) is 13.6. The van der Waals surface area contributed by atoms with E-state index in [1.807, 2.05) is 26.0 Å². The summed E-state index contributed by atoms with van der Waals surface area (Å²) in [5, 5.41) is 15.2. The van der Waals surface area contributed by atoms with Crippen molar-refractivity contribution in [1.29, 1.82) is 0 Å². The van der Waals surface area contributed by atoms with Gasteiger partial charge in [0.15, 0.2) is 0 Å². The number of aryl methyl sites for hydroxylation is 1. The molecular weight excluding hydrogens is 280 g/mol. The molecule has 2 atom stereocenters. The molecule has 0 saturated heterocycles. The van der Waals surface area contributed by atoms with E-state index in [1.54, 1.807) is 0 Å². The maximum atomic E-state index is 12.2. The molecule has 0 radical (unpaired) electrons. The number of carbonyl (C=O) groups excluding carboxylic acids is 1. The molecule has 3 N–H and O–H groups in total. The lowest BCUT2D eigenvalue weighted by Gasteiger charge is -2.31.